The van der Waals surface area contributed by atoms with Gasteiger partial charge in [0.05, 0.1) is 7.11 Å². The number of carbonyl (C=O) groups is 2. The number of hydrogen-bond donors (Lipinski definition) is 0. The zero-order valence-electron chi connectivity index (χ0n) is 20.2. The Hall–Kier alpha value is -3.80. The molecule has 0 saturated carbocycles. The number of nitrogens with zero attached hydrogens (tertiary/aromatic N) is 2. The Morgan fingerprint density at radius 3 is 2.29 bits per heavy atom. The number of rotatable bonds is 8. The molecule has 35 heavy (non-hydrogen) atoms. The van der Waals surface area contributed by atoms with Gasteiger partial charge in [0.25, 0.3) is 5.91 Å². The Labute approximate surface area is 207 Å². The molecule has 2 amide bonds. The van der Waals surface area contributed by atoms with Crippen LogP contribution in [0.25, 0.3) is 0 Å². The van der Waals surface area contributed by atoms with Crippen molar-refractivity contribution in [2.45, 2.75) is 25.9 Å². The molecule has 4 rings (SSSR count). The van der Waals surface area contributed by atoms with Crippen LogP contribution in [0.2, 0.25) is 0 Å². The maximum absolute atomic E-state index is 13.2. The topological polar surface area (TPSA) is 59.1 Å². The second kappa shape index (κ2) is 12.1. The Kier molecular flexibility index (Phi) is 8.39. The van der Waals surface area contributed by atoms with E-state index in [2.05, 4.69) is 0 Å². The zero-order valence-corrected chi connectivity index (χ0v) is 20.2. The van der Waals surface area contributed by atoms with Crippen LogP contribution in [0.4, 0.5) is 0 Å². The first kappa shape index (κ1) is 24.3. The predicted molar refractivity (Wildman–Crippen MR) is 136 cm³/mol. The lowest BCUT2D eigenvalue weighted by atomic mass is 10.1. The van der Waals surface area contributed by atoms with E-state index in [1.807, 2.05) is 82.6 Å². The van der Waals surface area contributed by atoms with E-state index in [9.17, 15) is 9.59 Å². The van der Waals surface area contributed by atoms with E-state index in [1.165, 1.54) is 0 Å². The lowest BCUT2D eigenvalue weighted by Gasteiger charge is -2.22. The number of ether oxygens (including phenoxy) is 2. The fraction of sp³-hybridized carbons (Fsp3) is 0.310. The molecule has 1 heterocycles. The van der Waals surface area contributed by atoms with Crippen LogP contribution in [0.1, 0.15) is 34.3 Å². The summed E-state index contributed by atoms with van der Waals surface area (Å²) >= 11 is 0. The van der Waals surface area contributed by atoms with Crippen LogP contribution >= 0.6 is 0 Å². The standard InChI is InChI=1S/C29H32N2O4/c1-34-26-14-11-23(12-15-26)13-16-28(32)30-17-6-18-31(20-19-30)29(33)25-9-5-10-27(21-25)35-22-24-7-3-2-4-8-24/h2-5,7-12,14-15,21H,6,13,16-20,22H2,1H3. The molecule has 0 atom stereocenters. The smallest absolute Gasteiger partial charge is 0.254 e. The first-order valence-electron chi connectivity index (χ1n) is 12.1. The summed E-state index contributed by atoms with van der Waals surface area (Å²) in [6.45, 7) is 2.84. The molecule has 1 fully saturated rings. The summed E-state index contributed by atoms with van der Waals surface area (Å²) in [4.78, 5) is 29.7. The summed E-state index contributed by atoms with van der Waals surface area (Å²) in [5.74, 6) is 1.59. The molecule has 6 nitrogen and oxygen atoms in total. The second-order valence-electron chi connectivity index (χ2n) is 8.68. The van der Waals surface area contributed by atoms with Crippen LogP contribution < -0.4 is 9.47 Å². The fourth-order valence-corrected chi connectivity index (χ4v) is 4.21. The van der Waals surface area contributed by atoms with Crippen molar-refractivity contribution in [2.24, 2.45) is 0 Å². The number of aryl methyl sites for hydroxylation is 1. The summed E-state index contributed by atoms with van der Waals surface area (Å²) in [5.41, 5.74) is 2.79. The van der Waals surface area contributed by atoms with Gasteiger partial charge >= 0.3 is 0 Å². The molecule has 182 valence electrons. The van der Waals surface area contributed by atoms with E-state index < -0.39 is 0 Å². The van der Waals surface area contributed by atoms with Crippen LogP contribution in [0, 0.1) is 0 Å². The average molecular weight is 473 g/mol. The van der Waals surface area contributed by atoms with E-state index in [1.54, 1.807) is 13.2 Å². The molecule has 1 aliphatic rings. The molecular weight excluding hydrogens is 440 g/mol. The van der Waals surface area contributed by atoms with Gasteiger partial charge in [-0.15, -0.1) is 0 Å². The van der Waals surface area contributed by atoms with E-state index in [0.29, 0.717) is 56.9 Å². The number of hydrogen-bond acceptors (Lipinski definition) is 4. The maximum atomic E-state index is 13.2. The molecule has 0 aliphatic carbocycles. The van der Waals surface area contributed by atoms with Gasteiger partial charge in [-0.3, -0.25) is 9.59 Å². The van der Waals surface area contributed by atoms with Gasteiger partial charge < -0.3 is 19.3 Å². The monoisotopic (exact) mass is 472 g/mol. The fourth-order valence-electron chi connectivity index (χ4n) is 4.21. The molecule has 3 aromatic rings. The molecule has 3 aromatic carbocycles. The summed E-state index contributed by atoms with van der Waals surface area (Å²) in [6.07, 6.45) is 1.92. The Bertz CT molecular complexity index is 1120. The van der Waals surface area contributed by atoms with E-state index in [4.69, 9.17) is 9.47 Å². The second-order valence-corrected chi connectivity index (χ2v) is 8.68. The van der Waals surface area contributed by atoms with Crippen molar-refractivity contribution in [2.75, 3.05) is 33.3 Å². The molecule has 1 saturated heterocycles. The van der Waals surface area contributed by atoms with Crippen LogP contribution in [-0.4, -0.2) is 54.9 Å². The molecule has 0 N–H and O–H groups in total. The predicted octanol–water partition coefficient (Wildman–Crippen LogP) is 4.58. The minimum atomic E-state index is -0.0253. The van der Waals surface area contributed by atoms with Crippen molar-refractivity contribution >= 4 is 11.8 Å². The first-order valence-corrected chi connectivity index (χ1v) is 12.1. The zero-order chi connectivity index (χ0) is 24.5. The molecule has 0 radical (unpaired) electrons. The van der Waals surface area contributed by atoms with Crippen LogP contribution in [0.15, 0.2) is 78.9 Å². The number of methoxy groups -OCH3 is 1. The Morgan fingerprint density at radius 2 is 1.51 bits per heavy atom. The van der Waals surface area contributed by atoms with Crippen molar-refractivity contribution in [3.05, 3.63) is 95.6 Å². The van der Waals surface area contributed by atoms with Crippen molar-refractivity contribution in [1.29, 1.82) is 0 Å². The summed E-state index contributed by atoms with van der Waals surface area (Å²) < 4.78 is 11.1. The van der Waals surface area contributed by atoms with Crippen molar-refractivity contribution < 1.29 is 19.1 Å². The molecular formula is C29H32N2O4. The van der Waals surface area contributed by atoms with Crippen LogP contribution in [-0.2, 0) is 17.8 Å². The molecule has 1 aliphatic heterocycles. The van der Waals surface area contributed by atoms with Gasteiger partial charge in [0.2, 0.25) is 5.91 Å². The molecule has 0 aromatic heterocycles. The van der Waals surface area contributed by atoms with Crippen LogP contribution in [0.3, 0.4) is 0 Å². The van der Waals surface area contributed by atoms with Crippen molar-refractivity contribution in [3.8, 4) is 11.5 Å². The van der Waals surface area contributed by atoms with Gasteiger partial charge in [-0.1, -0.05) is 48.5 Å². The summed E-state index contributed by atoms with van der Waals surface area (Å²) in [5, 5.41) is 0. The molecule has 0 spiro atoms. The van der Waals surface area contributed by atoms with E-state index >= 15 is 0 Å². The third kappa shape index (κ3) is 6.85. The third-order valence-electron chi connectivity index (χ3n) is 6.25. The van der Waals surface area contributed by atoms with Gasteiger partial charge in [-0.05, 0) is 54.3 Å². The van der Waals surface area contributed by atoms with Gasteiger partial charge in [0.15, 0.2) is 0 Å². The summed E-state index contributed by atoms with van der Waals surface area (Å²) in [7, 11) is 1.64. The number of amides is 2. The third-order valence-corrected chi connectivity index (χ3v) is 6.25. The highest BCUT2D eigenvalue weighted by Gasteiger charge is 2.23. The maximum Gasteiger partial charge on any atom is 0.254 e. The van der Waals surface area contributed by atoms with E-state index in [-0.39, 0.29) is 11.8 Å². The quantitative estimate of drug-likeness (QED) is 0.482. The summed E-state index contributed by atoms with van der Waals surface area (Å²) in [6, 6.07) is 25.1. The van der Waals surface area contributed by atoms with Gasteiger partial charge in [-0.2, -0.15) is 0 Å². The Morgan fingerprint density at radius 1 is 0.771 bits per heavy atom. The highest BCUT2D eigenvalue weighted by molar-refractivity contribution is 5.94. The molecule has 6 heteroatoms. The van der Waals surface area contributed by atoms with Crippen molar-refractivity contribution in [3.63, 3.8) is 0 Å². The highest BCUT2D eigenvalue weighted by atomic mass is 16.5. The van der Waals surface area contributed by atoms with Gasteiger partial charge in [0.1, 0.15) is 18.1 Å². The molecule has 0 unspecified atom stereocenters. The minimum Gasteiger partial charge on any atom is -0.497 e. The van der Waals surface area contributed by atoms with Gasteiger partial charge in [-0.25, -0.2) is 0 Å². The molecule has 0 bridgehead atoms. The normalized spacial score (nSPS) is 13.7. The highest BCUT2D eigenvalue weighted by Crippen LogP contribution is 2.18. The largest absolute Gasteiger partial charge is 0.497 e. The number of carbonyl (C=O) groups excluding carboxylic acids is 2. The van der Waals surface area contributed by atoms with Crippen molar-refractivity contribution in [1.82, 2.24) is 9.80 Å². The average Bonchev–Trinajstić information content (AvgIpc) is 3.18. The minimum absolute atomic E-state index is 0.0253. The SMILES string of the molecule is COc1ccc(CCC(=O)N2CCCN(C(=O)c3cccc(OCc4ccccc4)c3)CC2)cc1. The lowest BCUT2D eigenvalue weighted by Crippen LogP contribution is -2.37. The van der Waals surface area contributed by atoms with E-state index in [0.717, 1.165) is 23.3 Å². The van der Waals surface area contributed by atoms with Gasteiger partial charge in [0, 0.05) is 38.2 Å². The number of benzene rings is 3. The first-order chi connectivity index (χ1) is 17.1. The lowest BCUT2D eigenvalue weighted by molar-refractivity contribution is -0.131. The van der Waals surface area contributed by atoms with Crippen LogP contribution in [0.5, 0.6) is 11.5 Å². The Balaban J connectivity index is 1.28.